The zero-order valence-corrected chi connectivity index (χ0v) is 15.7. The first kappa shape index (κ1) is 17.6. The zero-order valence-electron chi connectivity index (χ0n) is 15.7. The summed E-state index contributed by atoms with van der Waals surface area (Å²) in [5, 5.41) is 5.38. The van der Waals surface area contributed by atoms with Crippen molar-refractivity contribution in [2.75, 3.05) is 18.0 Å². The van der Waals surface area contributed by atoms with Gasteiger partial charge in [-0.15, -0.1) is 0 Å². The van der Waals surface area contributed by atoms with Gasteiger partial charge < -0.3 is 4.90 Å². The number of rotatable bonds is 3. The van der Waals surface area contributed by atoms with Crippen LogP contribution in [0.2, 0.25) is 0 Å². The minimum atomic E-state index is -0.308. The largest absolute Gasteiger partial charge is 0.355 e. The van der Waals surface area contributed by atoms with Crippen LogP contribution in [0.5, 0.6) is 0 Å². The second-order valence-corrected chi connectivity index (χ2v) is 8.12. The smallest absolute Gasteiger partial charge is 0.266 e. The first-order valence-corrected chi connectivity index (χ1v) is 9.05. The van der Waals surface area contributed by atoms with E-state index in [-0.39, 0.29) is 16.8 Å². The number of aromatic nitrogens is 4. The molecular formula is C20H22FN5O. The van der Waals surface area contributed by atoms with E-state index in [1.54, 1.807) is 22.9 Å². The fraction of sp³-hybridized carbons (Fsp3) is 0.400. The van der Waals surface area contributed by atoms with E-state index in [0.717, 1.165) is 30.0 Å². The normalized spacial score (nSPS) is 15.2. The molecular weight excluding hydrogens is 345 g/mol. The molecule has 7 heteroatoms. The van der Waals surface area contributed by atoms with Crippen molar-refractivity contribution in [3.05, 3.63) is 58.5 Å². The lowest BCUT2D eigenvalue weighted by Gasteiger charge is -2.40. The third-order valence-electron chi connectivity index (χ3n) is 4.90. The van der Waals surface area contributed by atoms with Gasteiger partial charge >= 0.3 is 0 Å². The molecule has 1 fully saturated rings. The second-order valence-electron chi connectivity index (χ2n) is 8.12. The van der Waals surface area contributed by atoms with Gasteiger partial charge in [-0.1, -0.05) is 20.8 Å². The monoisotopic (exact) mass is 367 g/mol. The molecule has 0 aliphatic carbocycles. The summed E-state index contributed by atoms with van der Waals surface area (Å²) in [5.41, 5.74) is 1.32. The Morgan fingerprint density at radius 1 is 1.15 bits per heavy atom. The van der Waals surface area contributed by atoms with E-state index in [9.17, 15) is 9.18 Å². The Morgan fingerprint density at radius 2 is 1.93 bits per heavy atom. The lowest BCUT2D eigenvalue weighted by atomic mass is 9.92. The van der Waals surface area contributed by atoms with Crippen molar-refractivity contribution in [1.82, 2.24) is 19.7 Å². The van der Waals surface area contributed by atoms with Crippen LogP contribution in [0.25, 0.3) is 10.9 Å². The van der Waals surface area contributed by atoms with Crippen LogP contribution in [-0.4, -0.2) is 32.8 Å². The van der Waals surface area contributed by atoms with E-state index in [2.05, 4.69) is 40.7 Å². The first-order chi connectivity index (χ1) is 12.8. The Labute approximate surface area is 156 Å². The Balaban J connectivity index is 1.50. The standard InChI is InChI=1S/C20H22FN5O/c1-20(2,3)17-6-7-18(27)26(24-17)11-13-9-25(10-13)19-15-5-4-14(21)8-16(15)22-12-23-19/h4-8,12-13H,9-11H2,1-3H3. The van der Waals surface area contributed by atoms with Crippen LogP contribution in [0.3, 0.4) is 0 Å². The van der Waals surface area contributed by atoms with Gasteiger partial charge in [-0.2, -0.15) is 5.10 Å². The molecule has 0 radical (unpaired) electrons. The zero-order chi connectivity index (χ0) is 19.2. The summed E-state index contributed by atoms with van der Waals surface area (Å²) >= 11 is 0. The van der Waals surface area contributed by atoms with E-state index in [1.165, 1.54) is 18.5 Å². The molecule has 4 rings (SSSR count). The molecule has 0 bridgehead atoms. The minimum Gasteiger partial charge on any atom is -0.355 e. The Bertz CT molecular complexity index is 1050. The van der Waals surface area contributed by atoms with E-state index in [1.807, 2.05) is 0 Å². The highest BCUT2D eigenvalue weighted by Crippen LogP contribution is 2.29. The highest BCUT2D eigenvalue weighted by molar-refractivity contribution is 5.89. The van der Waals surface area contributed by atoms with E-state index in [4.69, 9.17) is 0 Å². The number of fused-ring (bicyclic) bond motifs is 1. The molecule has 3 aromatic rings. The molecule has 1 aromatic carbocycles. The molecule has 0 N–H and O–H groups in total. The van der Waals surface area contributed by atoms with Crippen LogP contribution in [-0.2, 0) is 12.0 Å². The average Bonchev–Trinajstić information content (AvgIpc) is 2.57. The summed E-state index contributed by atoms with van der Waals surface area (Å²) in [6, 6.07) is 7.95. The van der Waals surface area contributed by atoms with Crippen molar-refractivity contribution in [3.63, 3.8) is 0 Å². The molecule has 0 amide bonds. The predicted molar refractivity (Wildman–Crippen MR) is 102 cm³/mol. The maximum absolute atomic E-state index is 13.4. The highest BCUT2D eigenvalue weighted by atomic mass is 19.1. The Morgan fingerprint density at radius 3 is 2.67 bits per heavy atom. The van der Waals surface area contributed by atoms with E-state index in [0.29, 0.717) is 18.0 Å². The molecule has 140 valence electrons. The predicted octanol–water partition coefficient (Wildman–Crippen LogP) is 2.76. The van der Waals surface area contributed by atoms with Gasteiger partial charge in [0.2, 0.25) is 0 Å². The maximum Gasteiger partial charge on any atom is 0.266 e. The topological polar surface area (TPSA) is 63.9 Å². The van der Waals surface area contributed by atoms with Gasteiger partial charge in [0.05, 0.1) is 17.8 Å². The molecule has 0 unspecified atom stereocenters. The van der Waals surface area contributed by atoms with Gasteiger partial charge in [-0.25, -0.2) is 19.0 Å². The molecule has 3 heterocycles. The van der Waals surface area contributed by atoms with Crippen LogP contribution in [0.1, 0.15) is 26.5 Å². The number of hydrogen-bond acceptors (Lipinski definition) is 5. The van der Waals surface area contributed by atoms with Crippen LogP contribution < -0.4 is 10.5 Å². The fourth-order valence-corrected chi connectivity index (χ4v) is 3.35. The van der Waals surface area contributed by atoms with Crippen molar-refractivity contribution in [2.24, 2.45) is 5.92 Å². The van der Waals surface area contributed by atoms with Crippen molar-refractivity contribution >= 4 is 16.7 Å². The summed E-state index contributed by atoms with van der Waals surface area (Å²) in [7, 11) is 0. The average molecular weight is 367 g/mol. The highest BCUT2D eigenvalue weighted by Gasteiger charge is 2.30. The molecule has 1 aliphatic heterocycles. The van der Waals surface area contributed by atoms with Crippen molar-refractivity contribution in [2.45, 2.75) is 32.7 Å². The van der Waals surface area contributed by atoms with Gasteiger partial charge in [0.15, 0.2) is 0 Å². The van der Waals surface area contributed by atoms with Crippen molar-refractivity contribution in [1.29, 1.82) is 0 Å². The van der Waals surface area contributed by atoms with Gasteiger partial charge in [-0.05, 0) is 18.2 Å². The Kier molecular flexibility index (Phi) is 4.17. The lowest BCUT2D eigenvalue weighted by Crippen LogP contribution is -2.50. The first-order valence-electron chi connectivity index (χ1n) is 9.05. The van der Waals surface area contributed by atoms with Crippen LogP contribution in [0.15, 0.2) is 41.5 Å². The second kappa shape index (κ2) is 6.40. The summed E-state index contributed by atoms with van der Waals surface area (Å²) in [6.07, 6.45) is 1.46. The summed E-state index contributed by atoms with van der Waals surface area (Å²) in [4.78, 5) is 22.8. The Hall–Kier alpha value is -2.83. The van der Waals surface area contributed by atoms with E-state index < -0.39 is 0 Å². The number of hydrogen-bond donors (Lipinski definition) is 0. The molecule has 2 aromatic heterocycles. The molecule has 0 atom stereocenters. The molecule has 6 nitrogen and oxygen atoms in total. The van der Waals surface area contributed by atoms with Gasteiger partial charge in [0.25, 0.3) is 5.56 Å². The minimum absolute atomic E-state index is 0.0792. The maximum atomic E-state index is 13.4. The van der Waals surface area contributed by atoms with Crippen molar-refractivity contribution < 1.29 is 4.39 Å². The van der Waals surface area contributed by atoms with Crippen LogP contribution >= 0.6 is 0 Å². The SMILES string of the molecule is CC(C)(C)c1ccc(=O)n(CC2CN(c3ncnc4cc(F)ccc34)C2)n1. The third-order valence-corrected chi connectivity index (χ3v) is 4.90. The molecule has 27 heavy (non-hydrogen) atoms. The number of halogens is 1. The third kappa shape index (κ3) is 3.41. The number of benzene rings is 1. The number of anilines is 1. The van der Waals surface area contributed by atoms with Crippen LogP contribution in [0.4, 0.5) is 10.2 Å². The summed E-state index contributed by atoms with van der Waals surface area (Å²) in [5.74, 6) is 0.814. The lowest BCUT2D eigenvalue weighted by molar-refractivity contribution is 0.328. The fourth-order valence-electron chi connectivity index (χ4n) is 3.35. The summed E-state index contributed by atoms with van der Waals surface area (Å²) < 4.78 is 15.0. The number of nitrogens with zero attached hydrogens (tertiary/aromatic N) is 5. The van der Waals surface area contributed by atoms with Gasteiger partial charge in [0, 0.05) is 41.9 Å². The molecule has 0 saturated carbocycles. The van der Waals surface area contributed by atoms with Crippen LogP contribution in [0, 0.1) is 11.7 Å². The molecule has 1 aliphatic rings. The summed E-state index contributed by atoms with van der Waals surface area (Å²) in [6.45, 7) is 8.38. The van der Waals surface area contributed by atoms with Crippen molar-refractivity contribution in [3.8, 4) is 0 Å². The van der Waals surface area contributed by atoms with Gasteiger partial charge in [0.1, 0.15) is 18.0 Å². The molecule has 0 spiro atoms. The van der Waals surface area contributed by atoms with Gasteiger partial charge in [-0.3, -0.25) is 4.79 Å². The van der Waals surface area contributed by atoms with E-state index >= 15 is 0 Å². The molecule has 1 saturated heterocycles. The quantitative estimate of drug-likeness (QED) is 0.712.